The van der Waals surface area contributed by atoms with E-state index in [0.29, 0.717) is 5.69 Å². The van der Waals surface area contributed by atoms with Crippen LogP contribution in [-0.4, -0.2) is 22.7 Å². The molecule has 0 bridgehead atoms. The summed E-state index contributed by atoms with van der Waals surface area (Å²) in [5, 5.41) is 10.8. The lowest BCUT2D eigenvalue weighted by Crippen LogP contribution is -2.42. The van der Waals surface area contributed by atoms with Crippen LogP contribution in [0, 0.1) is 10.1 Å². The third-order valence-electron chi connectivity index (χ3n) is 3.62. The normalized spacial score (nSPS) is 15.6. The van der Waals surface area contributed by atoms with Gasteiger partial charge in [0, 0.05) is 23.9 Å². The number of amides is 1. The van der Waals surface area contributed by atoms with Gasteiger partial charge in [-0.1, -0.05) is 12.8 Å². The lowest BCUT2D eigenvalue weighted by Gasteiger charge is -2.31. The van der Waals surface area contributed by atoms with E-state index in [1.165, 1.54) is 12.1 Å². The van der Waals surface area contributed by atoms with Gasteiger partial charge in [0.25, 0.3) is 5.69 Å². The molecule has 22 heavy (non-hydrogen) atoms. The maximum absolute atomic E-state index is 12.5. The van der Waals surface area contributed by atoms with Crippen molar-refractivity contribution >= 4 is 17.5 Å². The Balaban J connectivity index is 2.27. The lowest BCUT2D eigenvalue weighted by atomic mass is 10.1. The number of hydrogen-bond acceptors (Lipinski definition) is 4. The number of carbonyl (C=O) groups is 1. The molecule has 6 nitrogen and oxygen atoms in total. The lowest BCUT2D eigenvalue weighted by molar-refractivity contribution is -0.384. The highest BCUT2D eigenvalue weighted by atomic mass is 16.6. The average Bonchev–Trinajstić information content (AvgIpc) is 2.91. The average molecular weight is 306 g/mol. The standard InChI is InChI=1S/C16H22N2O4/c1-16(2,3)22-15(19)17(12-6-4-5-7-12)13-8-10-14(11-9-13)18(20)21/h8-12H,4-7H2,1-3H3. The second-order valence-electron chi connectivity index (χ2n) is 6.56. The summed E-state index contributed by atoms with van der Waals surface area (Å²) in [5.41, 5.74) is 0.0837. The van der Waals surface area contributed by atoms with E-state index < -0.39 is 16.6 Å². The summed E-state index contributed by atoms with van der Waals surface area (Å²) in [7, 11) is 0. The summed E-state index contributed by atoms with van der Waals surface area (Å²) < 4.78 is 5.50. The highest BCUT2D eigenvalue weighted by Gasteiger charge is 2.31. The largest absolute Gasteiger partial charge is 0.443 e. The molecule has 0 spiro atoms. The van der Waals surface area contributed by atoms with Crippen LogP contribution < -0.4 is 4.90 Å². The van der Waals surface area contributed by atoms with Crippen LogP contribution in [0.3, 0.4) is 0 Å². The number of nitrogens with zero attached hydrogens (tertiary/aromatic N) is 2. The smallest absolute Gasteiger partial charge is 0.415 e. The van der Waals surface area contributed by atoms with Crippen molar-refractivity contribution in [2.75, 3.05) is 4.90 Å². The summed E-state index contributed by atoms with van der Waals surface area (Å²) in [4.78, 5) is 24.5. The maximum Gasteiger partial charge on any atom is 0.415 e. The van der Waals surface area contributed by atoms with Gasteiger partial charge in [0.05, 0.1) is 4.92 Å². The summed E-state index contributed by atoms with van der Waals surface area (Å²) >= 11 is 0. The van der Waals surface area contributed by atoms with Crippen molar-refractivity contribution in [3.63, 3.8) is 0 Å². The Morgan fingerprint density at radius 2 is 1.77 bits per heavy atom. The van der Waals surface area contributed by atoms with Crippen LogP contribution >= 0.6 is 0 Å². The number of benzene rings is 1. The highest BCUT2D eigenvalue weighted by Crippen LogP contribution is 2.30. The Bertz CT molecular complexity index is 542. The second kappa shape index (κ2) is 6.34. The second-order valence-corrected chi connectivity index (χ2v) is 6.56. The first-order valence-corrected chi connectivity index (χ1v) is 7.54. The topological polar surface area (TPSA) is 72.7 Å². The molecule has 0 unspecified atom stereocenters. The Labute approximate surface area is 130 Å². The molecule has 6 heteroatoms. The summed E-state index contributed by atoms with van der Waals surface area (Å²) in [6.07, 6.45) is 3.62. The molecule has 120 valence electrons. The van der Waals surface area contributed by atoms with Gasteiger partial charge in [0.2, 0.25) is 0 Å². The van der Waals surface area contributed by atoms with Crippen molar-refractivity contribution in [2.24, 2.45) is 0 Å². The molecule has 0 aromatic heterocycles. The van der Waals surface area contributed by atoms with Gasteiger partial charge in [-0.25, -0.2) is 4.79 Å². The van der Waals surface area contributed by atoms with Crippen LogP contribution in [0.4, 0.5) is 16.2 Å². The molecule has 2 rings (SSSR count). The van der Waals surface area contributed by atoms with Gasteiger partial charge in [-0.15, -0.1) is 0 Å². The number of hydrogen-bond donors (Lipinski definition) is 0. The number of ether oxygens (including phenoxy) is 1. The van der Waals surface area contributed by atoms with Gasteiger partial charge in [-0.2, -0.15) is 0 Å². The quantitative estimate of drug-likeness (QED) is 0.617. The van der Waals surface area contributed by atoms with E-state index in [9.17, 15) is 14.9 Å². The molecule has 1 aliphatic rings. The Morgan fingerprint density at radius 3 is 2.23 bits per heavy atom. The van der Waals surface area contributed by atoms with E-state index in [4.69, 9.17) is 4.74 Å². The minimum atomic E-state index is -0.575. The van der Waals surface area contributed by atoms with Crippen molar-refractivity contribution in [1.29, 1.82) is 0 Å². The molecule has 1 aromatic carbocycles. The van der Waals surface area contributed by atoms with Crippen molar-refractivity contribution in [2.45, 2.75) is 58.1 Å². The maximum atomic E-state index is 12.5. The summed E-state index contributed by atoms with van der Waals surface area (Å²) in [6.45, 7) is 5.48. The van der Waals surface area contributed by atoms with Crippen molar-refractivity contribution in [1.82, 2.24) is 0 Å². The highest BCUT2D eigenvalue weighted by molar-refractivity contribution is 5.88. The van der Waals surface area contributed by atoms with Crippen LogP contribution in [0.1, 0.15) is 46.5 Å². The van der Waals surface area contributed by atoms with Crippen molar-refractivity contribution < 1.29 is 14.5 Å². The van der Waals surface area contributed by atoms with Crippen molar-refractivity contribution in [3.8, 4) is 0 Å². The van der Waals surface area contributed by atoms with Crippen LogP contribution in [0.2, 0.25) is 0 Å². The number of carbonyl (C=O) groups excluding carboxylic acids is 1. The third-order valence-corrected chi connectivity index (χ3v) is 3.62. The van der Waals surface area contributed by atoms with Crippen LogP contribution in [0.15, 0.2) is 24.3 Å². The van der Waals surface area contributed by atoms with Gasteiger partial charge in [-0.05, 0) is 45.7 Å². The first-order chi connectivity index (χ1) is 10.3. The zero-order valence-corrected chi connectivity index (χ0v) is 13.2. The minimum Gasteiger partial charge on any atom is -0.443 e. The molecule has 1 aromatic rings. The fourth-order valence-corrected chi connectivity index (χ4v) is 2.67. The van der Waals surface area contributed by atoms with E-state index in [-0.39, 0.29) is 11.7 Å². The molecule has 0 N–H and O–H groups in total. The van der Waals surface area contributed by atoms with Crippen LogP contribution in [0.5, 0.6) is 0 Å². The Kier molecular flexibility index (Phi) is 4.68. The number of nitro benzene ring substituents is 1. The predicted molar refractivity (Wildman–Crippen MR) is 84.1 cm³/mol. The van der Waals surface area contributed by atoms with E-state index in [2.05, 4.69) is 0 Å². The molecule has 0 radical (unpaired) electrons. The molecule has 0 aliphatic heterocycles. The zero-order chi connectivity index (χ0) is 16.3. The van der Waals surface area contributed by atoms with E-state index in [1.54, 1.807) is 17.0 Å². The monoisotopic (exact) mass is 306 g/mol. The first-order valence-electron chi connectivity index (χ1n) is 7.54. The van der Waals surface area contributed by atoms with Crippen LogP contribution in [-0.2, 0) is 4.74 Å². The molecular weight excluding hydrogens is 284 g/mol. The Hall–Kier alpha value is -2.11. The fraction of sp³-hybridized carbons (Fsp3) is 0.562. The van der Waals surface area contributed by atoms with E-state index in [1.807, 2.05) is 20.8 Å². The molecule has 0 saturated heterocycles. The summed E-state index contributed by atoms with van der Waals surface area (Å²) in [6, 6.07) is 6.15. The molecule has 1 fully saturated rings. The van der Waals surface area contributed by atoms with E-state index >= 15 is 0 Å². The first kappa shape index (κ1) is 16.3. The zero-order valence-electron chi connectivity index (χ0n) is 13.2. The molecule has 0 atom stereocenters. The van der Waals surface area contributed by atoms with Gasteiger partial charge in [0.1, 0.15) is 5.60 Å². The predicted octanol–water partition coefficient (Wildman–Crippen LogP) is 4.28. The minimum absolute atomic E-state index is 0.0133. The molecular formula is C16H22N2O4. The molecule has 1 amide bonds. The van der Waals surface area contributed by atoms with E-state index in [0.717, 1.165) is 25.7 Å². The molecule has 1 aliphatic carbocycles. The SMILES string of the molecule is CC(C)(C)OC(=O)N(c1ccc([N+](=O)[O-])cc1)C1CCCC1. The fourth-order valence-electron chi connectivity index (χ4n) is 2.67. The summed E-state index contributed by atoms with van der Waals surface area (Å²) in [5.74, 6) is 0. The number of nitro groups is 1. The third kappa shape index (κ3) is 3.96. The van der Waals surface area contributed by atoms with Crippen molar-refractivity contribution in [3.05, 3.63) is 34.4 Å². The van der Waals surface area contributed by atoms with Gasteiger partial charge in [-0.3, -0.25) is 15.0 Å². The number of anilines is 1. The van der Waals surface area contributed by atoms with Gasteiger partial charge >= 0.3 is 6.09 Å². The molecule has 1 saturated carbocycles. The Morgan fingerprint density at radius 1 is 1.23 bits per heavy atom. The number of non-ortho nitro benzene ring substituents is 1. The number of rotatable bonds is 3. The van der Waals surface area contributed by atoms with Gasteiger partial charge in [0.15, 0.2) is 0 Å². The van der Waals surface area contributed by atoms with Crippen LogP contribution in [0.25, 0.3) is 0 Å². The molecule has 0 heterocycles. The van der Waals surface area contributed by atoms with Gasteiger partial charge < -0.3 is 4.74 Å².